The average molecular weight is 437 g/mol. The molecule has 3 aromatic rings. The van der Waals surface area contributed by atoms with E-state index in [0.29, 0.717) is 41.7 Å². The van der Waals surface area contributed by atoms with Gasteiger partial charge in [-0.1, -0.05) is 30.3 Å². The lowest BCUT2D eigenvalue weighted by molar-refractivity contribution is -0.140. The SMILES string of the molecule is COC(=O)CCN1CCC(=O)c2cc(N=Nc3nc(-c4ccccc4)ns3)c(O)cc21. The normalized spacial score (nSPS) is 13.5. The van der Waals surface area contributed by atoms with Gasteiger partial charge in [-0.25, -0.2) is 0 Å². The van der Waals surface area contributed by atoms with Crippen molar-refractivity contribution >= 4 is 39.8 Å². The fourth-order valence-electron chi connectivity index (χ4n) is 3.24. The lowest BCUT2D eigenvalue weighted by Crippen LogP contribution is -2.33. The molecule has 0 spiro atoms. The van der Waals surface area contributed by atoms with Gasteiger partial charge in [-0.05, 0) is 6.07 Å². The number of esters is 1. The van der Waals surface area contributed by atoms with Crippen LogP contribution in [0.4, 0.5) is 16.5 Å². The second-order valence-electron chi connectivity index (χ2n) is 6.81. The van der Waals surface area contributed by atoms with Gasteiger partial charge in [-0.3, -0.25) is 9.59 Å². The van der Waals surface area contributed by atoms with E-state index in [-0.39, 0.29) is 29.6 Å². The number of rotatable bonds is 6. The minimum Gasteiger partial charge on any atom is -0.506 e. The summed E-state index contributed by atoms with van der Waals surface area (Å²) >= 11 is 1.09. The van der Waals surface area contributed by atoms with Crippen LogP contribution in [-0.4, -0.2) is 46.4 Å². The van der Waals surface area contributed by atoms with Crippen LogP contribution in [-0.2, 0) is 9.53 Å². The molecule has 0 saturated heterocycles. The van der Waals surface area contributed by atoms with Crippen molar-refractivity contribution in [2.75, 3.05) is 25.1 Å². The zero-order valence-corrected chi connectivity index (χ0v) is 17.5. The predicted molar refractivity (Wildman–Crippen MR) is 115 cm³/mol. The van der Waals surface area contributed by atoms with Crippen molar-refractivity contribution in [1.29, 1.82) is 0 Å². The van der Waals surface area contributed by atoms with E-state index in [2.05, 4.69) is 24.3 Å². The van der Waals surface area contributed by atoms with Gasteiger partial charge in [0.15, 0.2) is 11.6 Å². The summed E-state index contributed by atoms with van der Waals surface area (Å²) < 4.78 is 8.95. The van der Waals surface area contributed by atoms with Gasteiger partial charge in [0.1, 0.15) is 11.4 Å². The third kappa shape index (κ3) is 4.58. The van der Waals surface area contributed by atoms with E-state index < -0.39 is 0 Å². The number of aromatic hydroxyl groups is 1. The van der Waals surface area contributed by atoms with Crippen molar-refractivity contribution in [2.45, 2.75) is 12.8 Å². The summed E-state index contributed by atoms with van der Waals surface area (Å²) in [6, 6.07) is 12.5. The molecule has 1 N–H and O–H groups in total. The summed E-state index contributed by atoms with van der Waals surface area (Å²) in [5.74, 6) is 0.0433. The number of phenolic OH excluding ortho intramolecular Hbond substituents is 1. The van der Waals surface area contributed by atoms with E-state index in [1.807, 2.05) is 35.2 Å². The highest BCUT2D eigenvalue weighted by Crippen LogP contribution is 2.38. The highest BCUT2D eigenvalue weighted by molar-refractivity contribution is 7.09. The van der Waals surface area contributed by atoms with Crippen LogP contribution >= 0.6 is 11.5 Å². The van der Waals surface area contributed by atoms with Crippen LogP contribution in [0.2, 0.25) is 0 Å². The summed E-state index contributed by atoms with van der Waals surface area (Å²) in [5.41, 5.74) is 2.04. The number of fused-ring (bicyclic) bond motifs is 1. The Hall–Kier alpha value is -3.66. The van der Waals surface area contributed by atoms with Gasteiger partial charge < -0.3 is 14.7 Å². The minimum atomic E-state index is -0.333. The number of ketones is 1. The summed E-state index contributed by atoms with van der Waals surface area (Å²) in [7, 11) is 1.33. The number of aromatic nitrogens is 2. The Balaban J connectivity index is 1.56. The Bertz CT molecular complexity index is 1150. The van der Waals surface area contributed by atoms with E-state index in [1.165, 1.54) is 19.2 Å². The fraction of sp³-hybridized carbons (Fsp3) is 0.238. The molecular formula is C21H19N5O4S. The van der Waals surface area contributed by atoms with Crippen molar-refractivity contribution in [3.63, 3.8) is 0 Å². The van der Waals surface area contributed by atoms with E-state index in [4.69, 9.17) is 0 Å². The number of carbonyl (C=O) groups excluding carboxylic acids is 2. The zero-order valence-electron chi connectivity index (χ0n) is 16.7. The second-order valence-corrected chi connectivity index (χ2v) is 7.54. The molecule has 4 rings (SSSR count). The number of methoxy groups -OCH3 is 1. The molecule has 9 nitrogen and oxygen atoms in total. The summed E-state index contributed by atoms with van der Waals surface area (Å²) in [4.78, 5) is 30.1. The second kappa shape index (κ2) is 9.00. The van der Waals surface area contributed by atoms with Crippen LogP contribution in [0.15, 0.2) is 52.7 Å². The van der Waals surface area contributed by atoms with Gasteiger partial charge in [-0.2, -0.15) is 9.36 Å². The standard InChI is InChI=1S/C21H19N5O4S/c1-30-19(29)8-10-26-9-7-17(27)14-11-15(18(28)12-16(14)26)23-24-21-22-20(25-31-21)13-5-3-2-4-6-13/h2-6,11-12,28H,7-10H2,1H3. The first-order valence-electron chi connectivity index (χ1n) is 9.58. The van der Waals surface area contributed by atoms with Gasteiger partial charge in [0.25, 0.3) is 0 Å². The number of benzene rings is 2. The number of Topliss-reactive ketones (excluding diaryl/α,β-unsaturated/α-hetero) is 1. The summed E-state index contributed by atoms with van der Waals surface area (Å²) in [5, 5.41) is 18.9. The molecule has 2 heterocycles. The number of ether oxygens (including phenoxy) is 1. The Labute approximate surface area is 182 Å². The molecule has 0 fully saturated rings. The molecule has 0 aliphatic carbocycles. The molecule has 1 aliphatic heterocycles. The minimum absolute atomic E-state index is 0.0527. The number of carbonyl (C=O) groups is 2. The van der Waals surface area contributed by atoms with Crippen molar-refractivity contribution in [3.05, 3.63) is 48.0 Å². The number of hydrogen-bond acceptors (Lipinski definition) is 10. The van der Waals surface area contributed by atoms with E-state index in [1.54, 1.807) is 0 Å². The zero-order chi connectivity index (χ0) is 21.8. The van der Waals surface area contributed by atoms with Crippen LogP contribution in [0, 0.1) is 0 Å². The first-order chi connectivity index (χ1) is 15.0. The van der Waals surface area contributed by atoms with E-state index >= 15 is 0 Å². The monoisotopic (exact) mass is 437 g/mol. The Morgan fingerprint density at radius 2 is 2.06 bits per heavy atom. The Kier molecular flexibility index (Phi) is 5.99. The molecule has 0 radical (unpaired) electrons. The van der Waals surface area contributed by atoms with Crippen molar-refractivity contribution in [1.82, 2.24) is 9.36 Å². The molecule has 0 saturated carbocycles. The Morgan fingerprint density at radius 1 is 1.26 bits per heavy atom. The number of azo groups is 1. The average Bonchev–Trinajstić information content (AvgIpc) is 3.27. The molecule has 2 aromatic carbocycles. The van der Waals surface area contributed by atoms with Gasteiger partial charge in [-0.15, -0.1) is 10.2 Å². The van der Waals surface area contributed by atoms with Crippen LogP contribution < -0.4 is 4.90 Å². The largest absolute Gasteiger partial charge is 0.506 e. The lowest BCUT2D eigenvalue weighted by Gasteiger charge is -2.30. The fourth-order valence-corrected chi connectivity index (χ4v) is 3.76. The highest BCUT2D eigenvalue weighted by atomic mass is 32.1. The maximum absolute atomic E-state index is 12.4. The first kappa shape index (κ1) is 20.6. The smallest absolute Gasteiger partial charge is 0.307 e. The number of anilines is 1. The summed E-state index contributed by atoms with van der Waals surface area (Å²) in [6.45, 7) is 0.858. The van der Waals surface area contributed by atoms with Gasteiger partial charge >= 0.3 is 5.97 Å². The quantitative estimate of drug-likeness (QED) is 0.452. The molecule has 0 atom stereocenters. The van der Waals surface area contributed by atoms with Gasteiger partial charge in [0, 0.05) is 48.2 Å². The number of nitrogens with zero attached hydrogens (tertiary/aromatic N) is 5. The first-order valence-corrected chi connectivity index (χ1v) is 10.4. The van der Waals surface area contributed by atoms with Crippen LogP contribution in [0.5, 0.6) is 5.75 Å². The molecule has 10 heteroatoms. The Morgan fingerprint density at radius 3 is 2.84 bits per heavy atom. The van der Waals surface area contributed by atoms with Crippen molar-refractivity contribution < 1.29 is 19.4 Å². The molecule has 31 heavy (non-hydrogen) atoms. The van der Waals surface area contributed by atoms with Crippen LogP contribution in [0.1, 0.15) is 23.2 Å². The molecule has 0 amide bonds. The topological polar surface area (TPSA) is 117 Å². The van der Waals surface area contributed by atoms with E-state index in [9.17, 15) is 14.7 Å². The maximum atomic E-state index is 12.4. The molecule has 0 bridgehead atoms. The van der Waals surface area contributed by atoms with Gasteiger partial charge in [0.05, 0.1) is 19.2 Å². The molecular weight excluding hydrogens is 418 g/mol. The third-order valence-electron chi connectivity index (χ3n) is 4.85. The lowest BCUT2D eigenvalue weighted by atomic mass is 9.99. The van der Waals surface area contributed by atoms with Crippen molar-refractivity contribution in [2.24, 2.45) is 10.2 Å². The molecule has 1 aromatic heterocycles. The maximum Gasteiger partial charge on any atom is 0.307 e. The van der Waals surface area contributed by atoms with E-state index in [0.717, 1.165) is 17.1 Å². The van der Waals surface area contributed by atoms with Gasteiger partial charge in [0.2, 0.25) is 5.13 Å². The third-order valence-corrected chi connectivity index (χ3v) is 5.45. The van der Waals surface area contributed by atoms with Crippen LogP contribution in [0.3, 0.4) is 0 Å². The molecule has 1 aliphatic rings. The highest BCUT2D eigenvalue weighted by Gasteiger charge is 2.25. The summed E-state index contributed by atoms with van der Waals surface area (Å²) in [6.07, 6.45) is 0.500. The van der Waals surface area contributed by atoms with Crippen LogP contribution in [0.25, 0.3) is 11.4 Å². The number of hydrogen-bond donors (Lipinski definition) is 1. The number of phenols is 1. The van der Waals surface area contributed by atoms with Crippen molar-refractivity contribution in [3.8, 4) is 17.1 Å². The molecule has 0 unspecified atom stereocenters. The molecule has 158 valence electrons. The predicted octanol–water partition coefficient (Wildman–Crippen LogP) is 4.28.